The average molecular weight is 317 g/mol. The number of hydrogen-bond acceptors (Lipinski definition) is 4. The van der Waals surface area contributed by atoms with Gasteiger partial charge in [-0.1, -0.05) is 17.8 Å². The molecule has 0 amide bonds. The summed E-state index contributed by atoms with van der Waals surface area (Å²) in [6.45, 7) is 5.60. The van der Waals surface area contributed by atoms with Gasteiger partial charge in [-0.05, 0) is 17.7 Å². The van der Waals surface area contributed by atoms with E-state index in [1.54, 1.807) is 11.8 Å². The molecule has 0 spiro atoms. The SMILES string of the molecule is Br.c1cc2c(cc1CN1CCNCC1)SCO2. The maximum absolute atomic E-state index is 5.48. The number of thioether (sulfide) groups is 1. The number of piperazine rings is 1. The summed E-state index contributed by atoms with van der Waals surface area (Å²) in [5.74, 6) is 1.82. The fourth-order valence-electron chi connectivity index (χ4n) is 2.17. The number of ether oxygens (including phenoxy) is 1. The second-order valence-electron chi connectivity index (χ2n) is 4.21. The Morgan fingerprint density at radius 1 is 1.29 bits per heavy atom. The number of fused-ring (bicyclic) bond motifs is 1. The fraction of sp³-hybridized carbons (Fsp3) is 0.500. The number of nitrogens with zero attached hydrogens (tertiary/aromatic N) is 1. The highest BCUT2D eigenvalue weighted by molar-refractivity contribution is 8.93. The van der Waals surface area contributed by atoms with Gasteiger partial charge >= 0.3 is 0 Å². The van der Waals surface area contributed by atoms with E-state index in [9.17, 15) is 0 Å². The quantitative estimate of drug-likeness (QED) is 0.903. The van der Waals surface area contributed by atoms with Crippen LogP contribution >= 0.6 is 28.7 Å². The van der Waals surface area contributed by atoms with E-state index >= 15 is 0 Å². The molecule has 0 aromatic heterocycles. The summed E-state index contributed by atoms with van der Waals surface area (Å²) in [5, 5.41) is 3.38. The molecule has 5 heteroatoms. The van der Waals surface area contributed by atoms with Crippen LogP contribution in [-0.2, 0) is 6.54 Å². The normalized spacial score (nSPS) is 19.3. The summed E-state index contributed by atoms with van der Waals surface area (Å²) in [5.41, 5.74) is 1.40. The monoisotopic (exact) mass is 316 g/mol. The highest BCUT2D eigenvalue weighted by Gasteiger charge is 2.15. The van der Waals surface area contributed by atoms with E-state index in [1.165, 1.54) is 10.5 Å². The Morgan fingerprint density at radius 3 is 2.94 bits per heavy atom. The number of hydrogen-bond donors (Lipinski definition) is 1. The van der Waals surface area contributed by atoms with Crippen LogP contribution in [0, 0.1) is 0 Å². The molecule has 1 aromatic rings. The average Bonchev–Trinajstić information content (AvgIpc) is 2.77. The molecule has 2 aliphatic rings. The molecule has 3 rings (SSSR count). The van der Waals surface area contributed by atoms with Crippen LogP contribution in [0.2, 0.25) is 0 Å². The van der Waals surface area contributed by atoms with Crippen LogP contribution in [0.3, 0.4) is 0 Å². The summed E-state index contributed by atoms with van der Waals surface area (Å²) in [4.78, 5) is 3.80. The molecule has 94 valence electrons. The number of benzene rings is 1. The van der Waals surface area contributed by atoms with E-state index in [0.29, 0.717) is 0 Å². The lowest BCUT2D eigenvalue weighted by Crippen LogP contribution is -2.42. The second-order valence-corrected chi connectivity index (χ2v) is 5.18. The molecule has 3 nitrogen and oxygen atoms in total. The van der Waals surface area contributed by atoms with Crippen LogP contribution in [-0.4, -0.2) is 37.0 Å². The zero-order valence-corrected chi connectivity index (χ0v) is 12.2. The summed E-state index contributed by atoms with van der Waals surface area (Å²) in [6, 6.07) is 6.56. The Hall–Kier alpha value is -0.230. The molecule has 1 saturated heterocycles. The first-order valence-electron chi connectivity index (χ1n) is 5.73. The Labute approximate surface area is 117 Å². The maximum atomic E-state index is 5.48. The fourth-order valence-corrected chi connectivity index (χ4v) is 2.98. The lowest BCUT2D eigenvalue weighted by molar-refractivity contribution is 0.233. The molecule has 2 aliphatic heterocycles. The van der Waals surface area contributed by atoms with Gasteiger partial charge in [-0.2, -0.15) is 0 Å². The van der Waals surface area contributed by atoms with E-state index in [0.717, 1.165) is 44.4 Å². The standard InChI is InChI=1S/C12H16N2OS.BrH/c1-2-11-12(16-9-15-11)7-10(1)8-14-5-3-13-4-6-14;/h1-2,7,13H,3-6,8-9H2;1H. The molecule has 0 atom stereocenters. The summed E-state index contributed by atoms with van der Waals surface area (Å²) in [7, 11) is 0. The molecule has 17 heavy (non-hydrogen) atoms. The third-order valence-electron chi connectivity index (χ3n) is 3.05. The van der Waals surface area contributed by atoms with Crippen molar-refractivity contribution in [3.63, 3.8) is 0 Å². The third kappa shape index (κ3) is 3.16. The topological polar surface area (TPSA) is 24.5 Å². The third-order valence-corrected chi connectivity index (χ3v) is 3.92. The first-order chi connectivity index (χ1) is 7.92. The molecule has 1 fully saturated rings. The van der Waals surface area contributed by atoms with Crippen LogP contribution in [0.15, 0.2) is 23.1 Å². The van der Waals surface area contributed by atoms with E-state index in [4.69, 9.17) is 4.74 Å². The van der Waals surface area contributed by atoms with Crippen LogP contribution in [0.25, 0.3) is 0 Å². The molecular weight excluding hydrogens is 300 g/mol. The second kappa shape index (κ2) is 6.09. The molecule has 0 saturated carbocycles. The van der Waals surface area contributed by atoms with E-state index in [-0.39, 0.29) is 17.0 Å². The minimum atomic E-state index is 0. The maximum Gasteiger partial charge on any atom is 0.138 e. The van der Waals surface area contributed by atoms with Crippen molar-refractivity contribution in [1.82, 2.24) is 10.2 Å². The molecular formula is C12H17BrN2OS. The Bertz CT molecular complexity index is 383. The minimum Gasteiger partial charge on any atom is -0.481 e. The Kier molecular flexibility index (Phi) is 4.73. The van der Waals surface area contributed by atoms with Crippen molar-refractivity contribution in [3.05, 3.63) is 23.8 Å². The number of nitrogens with one attached hydrogen (secondary N) is 1. The van der Waals surface area contributed by atoms with Gasteiger partial charge in [0.1, 0.15) is 11.7 Å². The van der Waals surface area contributed by atoms with Crippen molar-refractivity contribution in [2.75, 3.05) is 32.1 Å². The molecule has 0 unspecified atom stereocenters. The van der Waals surface area contributed by atoms with Crippen molar-refractivity contribution in [1.29, 1.82) is 0 Å². The zero-order valence-electron chi connectivity index (χ0n) is 9.65. The smallest absolute Gasteiger partial charge is 0.138 e. The zero-order chi connectivity index (χ0) is 10.8. The van der Waals surface area contributed by atoms with Gasteiger partial charge in [0.15, 0.2) is 0 Å². The van der Waals surface area contributed by atoms with Crippen LogP contribution < -0.4 is 10.1 Å². The molecule has 1 N–H and O–H groups in total. The van der Waals surface area contributed by atoms with Gasteiger partial charge in [-0.25, -0.2) is 0 Å². The van der Waals surface area contributed by atoms with Crippen molar-refractivity contribution >= 4 is 28.7 Å². The lowest BCUT2D eigenvalue weighted by Gasteiger charge is -2.27. The molecule has 0 aliphatic carbocycles. The summed E-state index contributed by atoms with van der Waals surface area (Å²) >= 11 is 1.79. The first kappa shape index (κ1) is 13.2. The molecule has 0 radical (unpaired) electrons. The highest BCUT2D eigenvalue weighted by atomic mass is 79.9. The van der Waals surface area contributed by atoms with Crippen molar-refractivity contribution < 1.29 is 4.74 Å². The van der Waals surface area contributed by atoms with Crippen molar-refractivity contribution in [3.8, 4) is 5.75 Å². The van der Waals surface area contributed by atoms with Gasteiger partial charge in [0, 0.05) is 32.7 Å². The Morgan fingerprint density at radius 2 is 2.12 bits per heavy atom. The molecule has 2 heterocycles. The first-order valence-corrected chi connectivity index (χ1v) is 6.72. The number of halogens is 1. The Balaban J connectivity index is 0.00000108. The lowest BCUT2D eigenvalue weighted by atomic mass is 10.2. The number of rotatable bonds is 2. The van der Waals surface area contributed by atoms with E-state index in [2.05, 4.69) is 28.4 Å². The van der Waals surface area contributed by atoms with Gasteiger partial charge in [-0.3, -0.25) is 4.90 Å². The van der Waals surface area contributed by atoms with E-state index in [1.807, 2.05) is 0 Å². The van der Waals surface area contributed by atoms with Crippen LogP contribution in [0.1, 0.15) is 5.56 Å². The molecule has 0 bridgehead atoms. The highest BCUT2D eigenvalue weighted by Crippen LogP contribution is 2.36. The predicted octanol–water partition coefficient (Wildman–Crippen LogP) is 2.11. The van der Waals surface area contributed by atoms with Gasteiger partial charge in [0.05, 0.1) is 4.90 Å². The van der Waals surface area contributed by atoms with Gasteiger partial charge < -0.3 is 10.1 Å². The van der Waals surface area contributed by atoms with Gasteiger partial charge in [0.25, 0.3) is 0 Å². The summed E-state index contributed by atoms with van der Waals surface area (Å²) < 4.78 is 5.48. The van der Waals surface area contributed by atoms with Crippen LogP contribution in [0.5, 0.6) is 5.75 Å². The van der Waals surface area contributed by atoms with Gasteiger partial charge in [-0.15, -0.1) is 17.0 Å². The van der Waals surface area contributed by atoms with Gasteiger partial charge in [0.2, 0.25) is 0 Å². The minimum absolute atomic E-state index is 0. The predicted molar refractivity (Wildman–Crippen MR) is 76.3 cm³/mol. The van der Waals surface area contributed by atoms with E-state index < -0.39 is 0 Å². The van der Waals surface area contributed by atoms with Crippen molar-refractivity contribution in [2.24, 2.45) is 0 Å². The largest absolute Gasteiger partial charge is 0.481 e. The molecule has 1 aromatic carbocycles. The van der Waals surface area contributed by atoms with Crippen LogP contribution in [0.4, 0.5) is 0 Å². The van der Waals surface area contributed by atoms with Crippen molar-refractivity contribution in [2.45, 2.75) is 11.4 Å². The summed E-state index contributed by atoms with van der Waals surface area (Å²) in [6.07, 6.45) is 0.